The lowest BCUT2D eigenvalue weighted by atomic mass is 9.72. The molecule has 1 heterocycles. The molecule has 3 aromatic carbocycles. The Bertz CT molecular complexity index is 1020. The van der Waals surface area contributed by atoms with Crippen LogP contribution in [-0.2, 0) is 5.60 Å². The molecule has 4 heteroatoms. The summed E-state index contributed by atoms with van der Waals surface area (Å²) < 4.78 is 0. The molecule has 0 aromatic heterocycles. The number of piperidine rings is 1. The zero-order valence-corrected chi connectivity index (χ0v) is 21.0. The van der Waals surface area contributed by atoms with Gasteiger partial charge in [-0.25, -0.2) is 0 Å². The lowest BCUT2D eigenvalue weighted by Gasteiger charge is -2.42. The van der Waals surface area contributed by atoms with Crippen molar-refractivity contribution >= 4 is 0 Å². The lowest BCUT2D eigenvalue weighted by Crippen LogP contribution is -2.44. The molecule has 0 saturated carbocycles. The van der Waals surface area contributed by atoms with Crippen molar-refractivity contribution in [3.05, 3.63) is 101 Å². The highest BCUT2D eigenvalue weighted by molar-refractivity contribution is 5.39. The molecular weight excluding hydrogens is 434 g/mol. The Morgan fingerprint density at radius 2 is 1.46 bits per heavy atom. The Morgan fingerprint density at radius 1 is 0.886 bits per heavy atom. The van der Waals surface area contributed by atoms with Crippen LogP contribution < -0.4 is 0 Å². The van der Waals surface area contributed by atoms with Crippen LogP contribution in [0.2, 0.25) is 0 Å². The third kappa shape index (κ3) is 5.78. The summed E-state index contributed by atoms with van der Waals surface area (Å²) in [6.07, 6.45) is 2.83. The number of rotatable bonds is 9. The molecule has 4 rings (SSSR count). The molecule has 0 bridgehead atoms. The first-order valence-corrected chi connectivity index (χ1v) is 13.0. The Morgan fingerprint density at radius 3 is 1.97 bits per heavy atom. The fraction of sp³-hybridized carbons (Fsp3) is 0.419. The fourth-order valence-electron chi connectivity index (χ4n) is 5.53. The maximum Gasteiger partial charge on any atom is 0.119 e. The summed E-state index contributed by atoms with van der Waals surface area (Å²) in [5.74, 6) is 0.671. The minimum absolute atomic E-state index is 0.150. The van der Waals surface area contributed by atoms with Crippen LogP contribution in [0.25, 0.3) is 0 Å². The monoisotopic (exact) mass is 473 g/mol. The predicted molar refractivity (Wildman–Crippen MR) is 141 cm³/mol. The molecule has 0 radical (unpaired) electrons. The standard InChI is InChI=1S/C31H39NO3/c1-23(2)28-16-15-24(22-30(28)34)29(33)14-9-19-32-20-17-27(18-21-32)31(35,25-10-5-3-6-11-25)26-12-7-4-8-13-26/h3-8,10-13,15-16,22-23,27,29,33-35H,9,14,17-21H2,1-2H3. The van der Waals surface area contributed by atoms with E-state index >= 15 is 0 Å². The highest BCUT2D eigenvalue weighted by Gasteiger charge is 2.41. The van der Waals surface area contributed by atoms with Gasteiger partial charge in [0.1, 0.15) is 11.4 Å². The van der Waals surface area contributed by atoms with Crippen molar-refractivity contribution in [2.45, 2.75) is 57.2 Å². The second-order valence-electron chi connectivity index (χ2n) is 10.2. The topological polar surface area (TPSA) is 63.9 Å². The van der Waals surface area contributed by atoms with Gasteiger partial charge >= 0.3 is 0 Å². The summed E-state index contributed by atoms with van der Waals surface area (Å²) >= 11 is 0. The van der Waals surface area contributed by atoms with Gasteiger partial charge in [-0.05, 0) is 85.5 Å². The number of nitrogens with zero attached hydrogens (tertiary/aromatic N) is 1. The van der Waals surface area contributed by atoms with E-state index in [0.717, 1.165) is 61.2 Å². The van der Waals surface area contributed by atoms with Crippen LogP contribution in [0.5, 0.6) is 5.75 Å². The van der Waals surface area contributed by atoms with E-state index < -0.39 is 11.7 Å². The van der Waals surface area contributed by atoms with Crippen molar-refractivity contribution in [3.8, 4) is 5.75 Å². The van der Waals surface area contributed by atoms with Crippen LogP contribution in [-0.4, -0.2) is 39.9 Å². The van der Waals surface area contributed by atoms with E-state index in [0.29, 0.717) is 6.42 Å². The third-order valence-electron chi connectivity index (χ3n) is 7.62. The molecule has 1 saturated heterocycles. The summed E-state index contributed by atoms with van der Waals surface area (Å²) in [5, 5.41) is 32.9. The van der Waals surface area contributed by atoms with Gasteiger partial charge in [0.15, 0.2) is 0 Å². The van der Waals surface area contributed by atoms with Crippen molar-refractivity contribution < 1.29 is 15.3 Å². The van der Waals surface area contributed by atoms with Gasteiger partial charge in [-0.15, -0.1) is 0 Å². The molecule has 1 unspecified atom stereocenters. The zero-order valence-electron chi connectivity index (χ0n) is 21.0. The molecule has 3 N–H and O–H groups in total. The van der Waals surface area contributed by atoms with Crippen molar-refractivity contribution in [2.75, 3.05) is 19.6 Å². The number of likely N-dealkylation sites (tertiary alicyclic amines) is 1. The van der Waals surface area contributed by atoms with Gasteiger partial charge in [-0.2, -0.15) is 0 Å². The van der Waals surface area contributed by atoms with E-state index in [2.05, 4.69) is 18.7 Å². The minimum Gasteiger partial charge on any atom is -0.508 e. The first-order chi connectivity index (χ1) is 16.9. The molecule has 3 aromatic rings. The number of phenolic OH excluding ortho intramolecular Hbond substituents is 1. The maximum atomic E-state index is 12.0. The van der Waals surface area contributed by atoms with E-state index in [1.54, 1.807) is 6.07 Å². The Kier molecular flexibility index (Phi) is 8.27. The second-order valence-corrected chi connectivity index (χ2v) is 10.2. The fourth-order valence-corrected chi connectivity index (χ4v) is 5.53. The summed E-state index contributed by atoms with van der Waals surface area (Å²) in [6, 6.07) is 25.7. The summed E-state index contributed by atoms with van der Waals surface area (Å²) in [6.45, 7) is 6.90. The molecule has 186 valence electrons. The second kappa shape index (κ2) is 11.4. The average Bonchev–Trinajstić information content (AvgIpc) is 2.89. The van der Waals surface area contributed by atoms with Gasteiger partial charge < -0.3 is 20.2 Å². The van der Waals surface area contributed by atoms with E-state index in [9.17, 15) is 15.3 Å². The maximum absolute atomic E-state index is 12.0. The summed E-state index contributed by atoms with van der Waals surface area (Å²) in [5.41, 5.74) is 2.62. The number of hydrogen-bond donors (Lipinski definition) is 3. The number of benzene rings is 3. The van der Waals surface area contributed by atoms with Crippen molar-refractivity contribution in [1.82, 2.24) is 4.90 Å². The van der Waals surface area contributed by atoms with Crippen molar-refractivity contribution in [3.63, 3.8) is 0 Å². The SMILES string of the molecule is CC(C)c1ccc(C(O)CCCN2CCC(C(O)(c3ccccc3)c3ccccc3)CC2)cc1O. The number of aliphatic hydroxyl groups excluding tert-OH is 1. The number of aromatic hydroxyl groups is 1. The van der Waals surface area contributed by atoms with Crippen LogP contribution >= 0.6 is 0 Å². The van der Waals surface area contributed by atoms with Gasteiger partial charge in [-0.3, -0.25) is 0 Å². The predicted octanol–water partition coefficient (Wildman–Crippen LogP) is 5.98. The van der Waals surface area contributed by atoms with Gasteiger partial charge in [0.25, 0.3) is 0 Å². The molecule has 1 aliphatic rings. The van der Waals surface area contributed by atoms with Crippen LogP contribution in [0.3, 0.4) is 0 Å². The summed E-state index contributed by atoms with van der Waals surface area (Å²) in [4.78, 5) is 2.44. The molecule has 0 amide bonds. The Balaban J connectivity index is 1.33. The molecule has 0 aliphatic carbocycles. The molecule has 1 fully saturated rings. The zero-order chi connectivity index (χ0) is 24.8. The Labute approximate surface area is 209 Å². The molecule has 1 atom stereocenters. The van der Waals surface area contributed by atoms with Crippen LogP contribution in [0, 0.1) is 5.92 Å². The van der Waals surface area contributed by atoms with Crippen LogP contribution in [0.15, 0.2) is 78.9 Å². The highest BCUT2D eigenvalue weighted by Crippen LogP contribution is 2.42. The van der Waals surface area contributed by atoms with E-state index in [1.165, 1.54) is 0 Å². The molecule has 35 heavy (non-hydrogen) atoms. The smallest absolute Gasteiger partial charge is 0.119 e. The molecular formula is C31H39NO3. The largest absolute Gasteiger partial charge is 0.508 e. The van der Waals surface area contributed by atoms with Gasteiger partial charge in [0.05, 0.1) is 6.10 Å². The number of aliphatic hydroxyl groups is 2. The van der Waals surface area contributed by atoms with Gasteiger partial charge in [0, 0.05) is 0 Å². The Hall–Kier alpha value is -2.66. The quantitative estimate of drug-likeness (QED) is 0.358. The lowest BCUT2D eigenvalue weighted by molar-refractivity contribution is -0.0146. The number of hydrogen-bond acceptors (Lipinski definition) is 4. The molecule has 0 spiro atoms. The third-order valence-corrected chi connectivity index (χ3v) is 7.62. The van der Waals surface area contributed by atoms with Gasteiger partial charge in [-0.1, -0.05) is 86.6 Å². The van der Waals surface area contributed by atoms with E-state index in [-0.39, 0.29) is 17.6 Å². The van der Waals surface area contributed by atoms with E-state index in [1.807, 2.05) is 72.8 Å². The highest BCUT2D eigenvalue weighted by atomic mass is 16.3. The van der Waals surface area contributed by atoms with Crippen molar-refractivity contribution in [1.29, 1.82) is 0 Å². The summed E-state index contributed by atoms with van der Waals surface area (Å²) in [7, 11) is 0. The average molecular weight is 474 g/mol. The molecule has 4 nitrogen and oxygen atoms in total. The first kappa shape index (κ1) is 25.4. The minimum atomic E-state index is -0.991. The molecule has 1 aliphatic heterocycles. The normalized spacial score (nSPS) is 16.5. The number of phenols is 1. The first-order valence-electron chi connectivity index (χ1n) is 13.0. The van der Waals surface area contributed by atoms with Crippen molar-refractivity contribution in [2.24, 2.45) is 5.92 Å². The van der Waals surface area contributed by atoms with Crippen LogP contribution in [0.1, 0.15) is 73.8 Å². The van der Waals surface area contributed by atoms with Crippen LogP contribution in [0.4, 0.5) is 0 Å². The van der Waals surface area contributed by atoms with E-state index in [4.69, 9.17) is 0 Å². The van der Waals surface area contributed by atoms with Gasteiger partial charge in [0.2, 0.25) is 0 Å².